The van der Waals surface area contributed by atoms with Gasteiger partial charge in [-0.05, 0) is 6.92 Å². The first-order valence-corrected chi connectivity index (χ1v) is 3.85. The van der Waals surface area contributed by atoms with E-state index in [1.165, 1.54) is 6.92 Å². The first kappa shape index (κ1) is 14.3. The molecule has 0 spiro atoms. The number of hydrogen-bond acceptors (Lipinski definition) is 5. The summed E-state index contributed by atoms with van der Waals surface area (Å²) in [4.78, 5) is 0. The maximum atomic E-state index is 7.83. The summed E-state index contributed by atoms with van der Waals surface area (Å²) >= 11 is 0. The lowest BCUT2D eigenvalue weighted by Crippen LogP contribution is -2.11. The highest BCUT2D eigenvalue weighted by atomic mass is 16.5. The molecule has 5 heteroatoms. The second-order valence-electron chi connectivity index (χ2n) is 2.13. The summed E-state index contributed by atoms with van der Waals surface area (Å²) in [6.07, 6.45) is -0.667. The van der Waals surface area contributed by atoms with Gasteiger partial charge < -0.3 is 26.0 Å². The van der Waals surface area contributed by atoms with E-state index in [1.807, 2.05) is 0 Å². The average molecular weight is 180 g/mol. The largest absolute Gasteiger partial charge is 0.382 e. The van der Waals surface area contributed by atoms with E-state index in [0.29, 0.717) is 26.4 Å². The Morgan fingerprint density at radius 3 is 2.17 bits per heavy atom. The summed E-state index contributed by atoms with van der Waals surface area (Å²) in [7, 11) is 1.64. The zero-order valence-electron chi connectivity index (χ0n) is 7.82. The molecule has 0 radical (unpaired) electrons. The van der Waals surface area contributed by atoms with Crippen molar-refractivity contribution >= 4 is 0 Å². The lowest BCUT2D eigenvalue weighted by molar-refractivity contribution is 0.0747. The van der Waals surface area contributed by atoms with Crippen LogP contribution in [0.4, 0.5) is 0 Å². The Kier molecular flexibility index (Phi) is 16.0. The molecule has 0 aromatic heterocycles. The minimum Gasteiger partial charge on any atom is -0.382 e. The normalized spacial score (nSPS) is 11.8. The second-order valence-corrected chi connectivity index (χ2v) is 2.13. The minimum absolute atomic E-state index is 0.587. The van der Waals surface area contributed by atoms with E-state index in [2.05, 4.69) is 5.73 Å². The zero-order valence-corrected chi connectivity index (χ0v) is 7.82. The van der Waals surface area contributed by atoms with Crippen molar-refractivity contribution in [1.82, 2.24) is 0 Å². The fourth-order valence-corrected chi connectivity index (χ4v) is 0.328. The van der Waals surface area contributed by atoms with Gasteiger partial charge in [0.05, 0.1) is 26.0 Å². The number of rotatable bonds is 5. The van der Waals surface area contributed by atoms with Gasteiger partial charge in [0.25, 0.3) is 0 Å². The van der Waals surface area contributed by atoms with Crippen LogP contribution in [-0.4, -0.2) is 44.8 Å². The molecule has 12 heavy (non-hydrogen) atoms. The van der Waals surface area contributed by atoms with Gasteiger partial charge in [-0.1, -0.05) is 0 Å². The van der Waals surface area contributed by atoms with Crippen molar-refractivity contribution in [3.8, 4) is 0 Å². The van der Waals surface area contributed by atoms with Gasteiger partial charge in [-0.15, -0.1) is 0 Å². The van der Waals surface area contributed by atoms with Crippen molar-refractivity contribution < 1.29 is 14.6 Å². The molecule has 0 fully saturated rings. The van der Waals surface area contributed by atoms with Gasteiger partial charge in [0.15, 0.2) is 0 Å². The molecule has 0 saturated carbocycles. The number of ether oxygens (including phenoxy) is 2. The van der Waals surface area contributed by atoms with Crippen LogP contribution < -0.4 is 11.5 Å². The van der Waals surface area contributed by atoms with Crippen LogP contribution >= 0.6 is 0 Å². The number of methoxy groups -OCH3 is 1. The molecular formula is C7H20N2O3. The maximum Gasteiger partial charge on any atom is 0.0991 e. The summed E-state index contributed by atoms with van der Waals surface area (Å²) in [5.41, 5.74) is 9.81. The van der Waals surface area contributed by atoms with Crippen LogP contribution in [0.2, 0.25) is 0 Å². The SMILES string of the molecule is CC(N)O.COCCOCCN. The van der Waals surface area contributed by atoms with E-state index in [9.17, 15) is 0 Å². The van der Waals surface area contributed by atoms with Crippen LogP contribution in [0.15, 0.2) is 0 Å². The Labute approximate surface area is 73.6 Å². The molecular weight excluding hydrogens is 160 g/mol. The van der Waals surface area contributed by atoms with Gasteiger partial charge in [-0.25, -0.2) is 0 Å². The fraction of sp³-hybridized carbons (Fsp3) is 1.00. The van der Waals surface area contributed by atoms with E-state index in [1.54, 1.807) is 7.11 Å². The smallest absolute Gasteiger partial charge is 0.0991 e. The van der Waals surface area contributed by atoms with E-state index in [4.69, 9.17) is 20.3 Å². The lowest BCUT2D eigenvalue weighted by Gasteiger charge is -1.98. The number of nitrogens with two attached hydrogens (primary N) is 2. The van der Waals surface area contributed by atoms with Gasteiger partial charge in [0.2, 0.25) is 0 Å². The van der Waals surface area contributed by atoms with Gasteiger partial charge in [0, 0.05) is 13.7 Å². The fourth-order valence-electron chi connectivity index (χ4n) is 0.328. The van der Waals surface area contributed by atoms with Crippen LogP contribution in [0.5, 0.6) is 0 Å². The number of aliphatic hydroxyl groups is 1. The third-order valence-electron chi connectivity index (χ3n) is 0.694. The van der Waals surface area contributed by atoms with Gasteiger partial charge in [0.1, 0.15) is 0 Å². The molecule has 76 valence electrons. The highest BCUT2D eigenvalue weighted by Crippen LogP contribution is 1.71. The molecule has 0 aliphatic carbocycles. The molecule has 0 bridgehead atoms. The van der Waals surface area contributed by atoms with Crippen LogP contribution in [-0.2, 0) is 9.47 Å². The minimum atomic E-state index is -0.667. The highest BCUT2D eigenvalue weighted by Gasteiger charge is 1.81. The Morgan fingerprint density at radius 1 is 1.33 bits per heavy atom. The molecule has 1 atom stereocenters. The van der Waals surface area contributed by atoms with Gasteiger partial charge in [-0.2, -0.15) is 0 Å². The molecule has 0 aromatic carbocycles. The van der Waals surface area contributed by atoms with Crippen LogP contribution in [0.3, 0.4) is 0 Å². The maximum absolute atomic E-state index is 7.83. The standard InChI is InChI=1S/C5H13NO2.C2H7NO/c1-7-4-5-8-3-2-6;1-2(3)4/h2-6H2,1H3;2,4H,3H2,1H3. The molecule has 0 rings (SSSR count). The van der Waals surface area contributed by atoms with E-state index < -0.39 is 6.23 Å². The van der Waals surface area contributed by atoms with Gasteiger partial charge >= 0.3 is 0 Å². The molecule has 0 heterocycles. The van der Waals surface area contributed by atoms with Crippen molar-refractivity contribution in [1.29, 1.82) is 0 Å². The third kappa shape index (κ3) is 32.9. The van der Waals surface area contributed by atoms with Crippen molar-refractivity contribution in [3.63, 3.8) is 0 Å². The number of aliphatic hydroxyl groups excluding tert-OH is 1. The van der Waals surface area contributed by atoms with Crippen molar-refractivity contribution in [3.05, 3.63) is 0 Å². The summed E-state index contributed by atoms with van der Waals surface area (Å²) < 4.78 is 9.70. The van der Waals surface area contributed by atoms with Crippen molar-refractivity contribution in [2.75, 3.05) is 33.5 Å². The quantitative estimate of drug-likeness (QED) is 0.369. The van der Waals surface area contributed by atoms with Crippen LogP contribution in [0.25, 0.3) is 0 Å². The molecule has 5 nitrogen and oxygen atoms in total. The average Bonchev–Trinajstić information content (AvgIpc) is 1.97. The van der Waals surface area contributed by atoms with Crippen LogP contribution in [0.1, 0.15) is 6.92 Å². The molecule has 0 amide bonds. The van der Waals surface area contributed by atoms with Crippen LogP contribution in [0, 0.1) is 0 Å². The van der Waals surface area contributed by atoms with E-state index in [0.717, 1.165) is 0 Å². The van der Waals surface area contributed by atoms with E-state index in [-0.39, 0.29) is 0 Å². The molecule has 0 aromatic rings. The third-order valence-corrected chi connectivity index (χ3v) is 0.694. The summed E-state index contributed by atoms with van der Waals surface area (Å²) in [6.45, 7) is 4.01. The van der Waals surface area contributed by atoms with E-state index >= 15 is 0 Å². The molecule has 5 N–H and O–H groups in total. The first-order valence-electron chi connectivity index (χ1n) is 3.85. The molecule has 1 unspecified atom stereocenters. The zero-order chi connectivity index (χ0) is 9.82. The predicted octanol–water partition coefficient (Wildman–Crippen LogP) is -1.11. The number of hydrogen-bond donors (Lipinski definition) is 3. The Balaban J connectivity index is 0. The summed E-state index contributed by atoms with van der Waals surface area (Å²) in [5.74, 6) is 0. The highest BCUT2D eigenvalue weighted by molar-refractivity contribution is 4.30. The van der Waals surface area contributed by atoms with Crippen molar-refractivity contribution in [2.24, 2.45) is 11.5 Å². The molecule has 0 saturated heterocycles. The lowest BCUT2D eigenvalue weighted by atomic mass is 10.7. The molecule has 0 aliphatic heterocycles. The topological polar surface area (TPSA) is 90.7 Å². The Bertz CT molecular complexity index is 62.9. The summed E-state index contributed by atoms with van der Waals surface area (Å²) in [6, 6.07) is 0. The monoisotopic (exact) mass is 180 g/mol. The van der Waals surface area contributed by atoms with Gasteiger partial charge in [-0.3, -0.25) is 0 Å². The predicted molar refractivity (Wildman–Crippen MR) is 47.6 cm³/mol. The second kappa shape index (κ2) is 13.4. The summed E-state index contributed by atoms with van der Waals surface area (Å²) in [5, 5.41) is 7.83. The molecule has 0 aliphatic rings. The first-order chi connectivity index (χ1) is 5.65. The Morgan fingerprint density at radius 2 is 1.83 bits per heavy atom. The van der Waals surface area contributed by atoms with Crippen molar-refractivity contribution in [2.45, 2.75) is 13.2 Å². The Hall–Kier alpha value is -0.200.